The summed E-state index contributed by atoms with van der Waals surface area (Å²) in [6.07, 6.45) is 1.34. The van der Waals surface area contributed by atoms with Crippen molar-refractivity contribution < 1.29 is 14.1 Å². The van der Waals surface area contributed by atoms with Crippen LogP contribution in [0.25, 0.3) is 22.1 Å². The van der Waals surface area contributed by atoms with Crippen LogP contribution in [0.5, 0.6) is 0 Å². The zero-order chi connectivity index (χ0) is 20.2. The van der Waals surface area contributed by atoms with Gasteiger partial charge in [0.1, 0.15) is 11.5 Å². The Balaban J connectivity index is 1.47. The van der Waals surface area contributed by atoms with Gasteiger partial charge in [0.05, 0.1) is 16.7 Å². The molecule has 0 aliphatic heterocycles. The first-order chi connectivity index (χ1) is 14.1. The lowest BCUT2D eigenvalue weighted by Gasteiger charge is -2.02. The number of hydrazone groups is 1. The van der Waals surface area contributed by atoms with E-state index in [0.717, 1.165) is 10.8 Å². The van der Waals surface area contributed by atoms with Crippen molar-refractivity contribution in [1.29, 1.82) is 0 Å². The molecular weight excluding hydrogens is 370 g/mol. The largest absolute Gasteiger partial charge is 0.455 e. The normalized spacial score (nSPS) is 11.0. The van der Waals surface area contributed by atoms with E-state index in [1.807, 2.05) is 30.3 Å². The van der Waals surface area contributed by atoms with Crippen molar-refractivity contribution in [2.75, 3.05) is 0 Å². The number of furan rings is 1. The van der Waals surface area contributed by atoms with E-state index >= 15 is 0 Å². The molecule has 0 bridgehead atoms. The number of rotatable bonds is 5. The molecule has 0 aliphatic rings. The number of para-hydroxylation sites is 1. The van der Waals surface area contributed by atoms with Gasteiger partial charge in [0.25, 0.3) is 11.6 Å². The van der Waals surface area contributed by atoms with E-state index in [4.69, 9.17) is 4.42 Å². The van der Waals surface area contributed by atoms with Gasteiger partial charge in [0.15, 0.2) is 0 Å². The van der Waals surface area contributed by atoms with Gasteiger partial charge in [-0.25, -0.2) is 5.43 Å². The molecule has 0 fully saturated rings. The fraction of sp³-hybridized carbons (Fsp3) is 0. The molecule has 1 aromatic heterocycles. The van der Waals surface area contributed by atoms with Crippen LogP contribution in [0.2, 0.25) is 0 Å². The molecule has 1 N–H and O–H groups in total. The first-order valence-electron chi connectivity index (χ1n) is 8.78. The van der Waals surface area contributed by atoms with Crippen LogP contribution in [-0.4, -0.2) is 17.0 Å². The van der Waals surface area contributed by atoms with Gasteiger partial charge in [-0.3, -0.25) is 14.9 Å². The molecule has 0 aliphatic carbocycles. The quantitative estimate of drug-likeness (QED) is 0.304. The highest BCUT2D eigenvalue weighted by molar-refractivity contribution is 5.98. The highest BCUT2D eigenvalue weighted by Crippen LogP contribution is 2.30. The highest BCUT2D eigenvalue weighted by Gasteiger charge is 2.16. The van der Waals surface area contributed by atoms with Crippen LogP contribution in [0.15, 0.2) is 88.4 Å². The number of nitrogens with one attached hydrogen (secondary N) is 1. The second kappa shape index (κ2) is 7.77. The molecule has 29 heavy (non-hydrogen) atoms. The van der Waals surface area contributed by atoms with Crippen molar-refractivity contribution in [3.63, 3.8) is 0 Å². The van der Waals surface area contributed by atoms with Gasteiger partial charge < -0.3 is 4.42 Å². The molecule has 0 atom stereocenters. The van der Waals surface area contributed by atoms with Crippen LogP contribution in [0.1, 0.15) is 16.1 Å². The average Bonchev–Trinajstić information content (AvgIpc) is 3.22. The number of nitro benzene ring substituents is 1. The Bertz CT molecular complexity index is 1240. The minimum atomic E-state index is -0.463. The molecule has 1 amide bonds. The van der Waals surface area contributed by atoms with Gasteiger partial charge in [0.2, 0.25) is 0 Å². The second-order valence-electron chi connectivity index (χ2n) is 6.24. The van der Waals surface area contributed by atoms with E-state index in [1.165, 1.54) is 12.3 Å². The fourth-order valence-corrected chi connectivity index (χ4v) is 2.96. The Morgan fingerprint density at radius 2 is 1.72 bits per heavy atom. The summed E-state index contributed by atoms with van der Waals surface area (Å²) < 4.78 is 5.60. The molecule has 0 saturated heterocycles. The Kier molecular flexibility index (Phi) is 4.86. The number of nitrogens with zero attached hydrogens (tertiary/aromatic N) is 2. The van der Waals surface area contributed by atoms with Crippen LogP contribution in [-0.2, 0) is 0 Å². The molecule has 7 nitrogen and oxygen atoms in total. The van der Waals surface area contributed by atoms with E-state index in [9.17, 15) is 14.9 Å². The van der Waals surface area contributed by atoms with Gasteiger partial charge in [0, 0.05) is 11.6 Å². The van der Waals surface area contributed by atoms with E-state index in [-0.39, 0.29) is 11.6 Å². The summed E-state index contributed by atoms with van der Waals surface area (Å²) in [5.74, 6) is 0.356. The summed E-state index contributed by atoms with van der Waals surface area (Å²) in [6.45, 7) is 0. The van der Waals surface area contributed by atoms with Crippen molar-refractivity contribution in [3.8, 4) is 11.3 Å². The Morgan fingerprint density at radius 3 is 2.55 bits per heavy atom. The first kappa shape index (κ1) is 18.1. The Labute approximate surface area is 165 Å². The number of hydrogen-bond donors (Lipinski definition) is 1. The number of benzene rings is 3. The van der Waals surface area contributed by atoms with Gasteiger partial charge in [-0.1, -0.05) is 42.5 Å². The lowest BCUT2D eigenvalue weighted by atomic mass is 10.1. The van der Waals surface area contributed by atoms with Gasteiger partial charge >= 0.3 is 0 Å². The number of nitro groups is 1. The molecule has 0 spiro atoms. The van der Waals surface area contributed by atoms with Crippen LogP contribution >= 0.6 is 0 Å². The van der Waals surface area contributed by atoms with E-state index in [2.05, 4.69) is 10.5 Å². The van der Waals surface area contributed by atoms with Crippen LogP contribution < -0.4 is 5.43 Å². The third-order valence-corrected chi connectivity index (χ3v) is 4.36. The maximum atomic E-state index is 12.3. The van der Waals surface area contributed by atoms with E-state index in [0.29, 0.717) is 22.6 Å². The minimum Gasteiger partial charge on any atom is -0.455 e. The number of carbonyl (C=O) groups is 1. The third kappa shape index (κ3) is 3.89. The molecular formula is C22H15N3O4. The van der Waals surface area contributed by atoms with Crippen LogP contribution in [0.4, 0.5) is 5.69 Å². The van der Waals surface area contributed by atoms with Crippen molar-refractivity contribution in [3.05, 3.63) is 100 Å². The maximum Gasteiger partial charge on any atom is 0.280 e. The zero-order valence-electron chi connectivity index (χ0n) is 15.1. The van der Waals surface area contributed by atoms with E-state index < -0.39 is 4.92 Å². The minimum absolute atomic E-state index is 0.0463. The number of amides is 1. The molecule has 0 saturated carbocycles. The van der Waals surface area contributed by atoms with Crippen molar-refractivity contribution in [2.24, 2.45) is 5.10 Å². The van der Waals surface area contributed by atoms with Gasteiger partial charge in [-0.05, 0) is 41.1 Å². The van der Waals surface area contributed by atoms with Gasteiger partial charge in [-0.2, -0.15) is 5.10 Å². The Hall–Kier alpha value is -4.26. The standard InChI is InChI=1S/C22H15N3O4/c26-22(17-10-9-15-5-1-2-6-16(15)13-17)24-23-14-18-11-12-21(29-18)19-7-3-4-8-20(19)25(27)28/h1-14H,(H,24,26). The summed E-state index contributed by atoms with van der Waals surface area (Å²) in [5, 5.41) is 17.1. The first-order valence-corrected chi connectivity index (χ1v) is 8.78. The summed E-state index contributed by atoms with van der Waals surface area (Å²) in [7, 11) is 0. The smallest absolute Gasteiger partial charge is 0.280 e. The molecule has 4 aromatic rings. The predicted molar refractivity (Wildman–Crippen MR) is 110 cm³/mol. The molecule has 3 aromatic carbocycles. The zero-order valence-corrected chi connectivity index (χ0v) is 15.1. The molecule has 0 radical (unpaired) electrons. The number of fused-ring (bicyclic) bond motifs is 1. The summed E-state index contributed by atoms with van der Waals surface area (Å²) in [5.41, 5.74) is 3.27. The van der Waals surface area contributed by atoms with Crippen LogP contribution in [0, 0.1) is 10.1 Å². The summed E-state index contributed by atoms with van der Waals surface area (Å²) in [6, 6.07) is 22.7. The predicted octanol–water partition coefficient (Wildman–Crippen LogP) is 4.77. The molecule has 7 heteroatoms. The lowest BCUT2D eigenvalue weighted by molar-refractivity contribution is -0.384. The molecule has 1 heterocycles. The highest BCUT2D eigenvalue weighted by atomic mass is 16.6. The molecule has 4 rings (SSSR count). The Morgan fingerprint density at radius 1 is 0.966 bits per heavy atom. The van der Waals surface area contributed by atoms with Crippen molar-refractivity contribution in [1.82, 2.24) is 5.43 Å². The van der Waals surface area contributed by atoms with Crippen LogP contribution in [0.3, 0.4) is 0 Å². The summed E-state index contributed by atoms with van der Waals surface area (Å²) in [4.78, 5) is 23.0. The monoisotopic (exact) mass is 385 g/mol. The maximum absolute atomic E-state index is 12.3. The number of carbonyl (C=O) groups excluding carboxylic acids is 1. The average molecular weight is 385 g/mol. The molecule has 0 unspecified atom stereocenters. The fourth-order valence-electron chi connectivity index (χ4n) is 2.96. The van der Waals surface area contributed by atoms with Gasteiger partial charge in [-0.15, -0.1) is 0 Å². The van der Waals surface area contributed by atoms with Crippen molar-refractivity contribution >= 4 is 28.6 Å². The SMILES string of the molecule is O=C(NN=Cc1ccc(-c2ccccc2[N+](=O)[O-])o1)c1ccc2ccccc2c1. The number of hydrogen-bond acceptors (Lipinski definition) is 5. The van der Waals surface area contributed by atoms with Crippen molar-refractivity contribution in [2.45, 2.75) is 0 Å². The topological polar surface area (TPSA) is 97.7 Å². The lowest BCUT2D eigenvalue weighted by Crippen LogP contribution is -2.17. The molecule has 142 valence electrons. The summed E-state index contributed by atoms with van der Waals surface area (Å²) >= 11 is 0. The third-order valence-electron chi connectivity index (χ3n) is 4.36. The second-order valence-corrected chi connectivity index (χ2v) is 6.24. The van der Waals surface area contributed by atoms with E-state index in [1.54, 1.807) is 42.5 Å².